The minimum absolute atomic E-state index is 0.509. The topological polar surface area (TPSA) is 16.1 Å². The van der Waals surface area contributed by atoms with Crippen molar-refractivity contribution in [3.8, 4) is 0 Å². The van der Waals surface area contributed by atoms with Crippen LogP contribution in [0.2, 0.25) is 0 Å². The third-order valence-corrected chi connectivity index (χ3v) is 4.33. The lowest BCUT2D eigenvalue weighted by atomic mass is 10.2. The summed E-state index contributed by atoms with van der Waals surface area (Å²) in [6, 6.07) is 4.10. The smallest absolute Gasteiger partial charge is 0.0701 e. The van der Waals surface area contributed by atoms with Crippen molar-refractivity contribution >= 4 is 44.6 Å². The number of rotatable bonds is 4. The van der Waals surface area contributed by atoms with Crippen LogP contribution in [0.15, 0.2) is 33.7 Å². The Bertz CT molecular complexity index is 501. The van der Waals surface area contributed by atoms with Crippen molar-refractivity contribution in [3.05, 3.63) is 44.8 Å². The third kappa shape index (κ3) is 3.21. The zero-order chi connectivity index (χ0) is 12.3. The molecule has 0 radical (unpaired) electrons. The average Bonchev–Trinajstić information content (AvgIpc) is 2.74. The predicted octanol–water partition coefficient (Wildman–Crippen LogP) is 4.28. The molecule has 2 nitrogen and oxygen atoms in total. The Morgan fingerprint density at radius 2 is 2.35 bits per heavy atom. The van der Waals surface area contributed by atoms with Gasteiger partial charge >= 0.3 is 0 Å². The van der Waals surface area contributed by atoms with Crippen LogP contribution < -0.4 is 4.90 Å². The highest BCUT2D eigenvalue weighted by molar-refractivity contribution is 9.11. The molecule has 0 bridgehead atoms. The van der Waals surface area contributed by atoms with Crippen LogP contribution in [0.5, 0.6) is 0 Å². The van der Waals surface area contributed by atoms with E-state index >= 15 is 0 Å². The molecule has 0 amide bonds. The fourth-order valence-electron chi connectivity index (χ4n) is 1.66. The van der Waals surface area contributed by atoms with Crippen LogP contribution in [0.4, 0.5) is 5.69 Å². The molecule has 0 N–H and O–H groups in total. The maximum Gasteiger partial charge on any atom is 0.0701 e. The highest BCUT2D eigenvalue weighted by Gasteiger charge is 2.08. The van der Waals surface area contributed by atoms with Crippen molar-refractivity contribution in [2.75, 3.05) is 11.9 Å². The molecule has 0 spiro atoms. The second kappa shape index (κ2) is 5.85. The summed E-state index contributed by atoms with van der Waals surface area (Å²) in [5.41, 5.74) is 3.48. The molecule has 0 aromatic carbocycles. The van der Waals surface area contributed by atoms with E-state index in [1.54, 1.807) is 17.5 Å². The fourth-order valence-corrected chi connectivity index (χ4v) is 3.09. The summed E-state index contributed by atoms with van der Waals surface area (Å²) >= 11 is 11.1. The van der Waals surface area contributed by atoms with Gasteiger partial charge in [-0.25, -0.2) is 0 Å². The molecule has 0 saturated carbocycles. The zero-order valence-electron chi connectivity index (χ0n) is 9.36. The SMILES string of the molecule is CN(Cc1csc(Br)c1)c1cnccc1CCl. The largest absolute Gasteiger partial charge is 0.369 e. The number of hydrogen-bond donors (Lipinski definition) is 0. The second-order valence-corrected chi connectivity index (χ2v) is 6.31. The number of hydrogen-bond acceptors (Lipinski definition) is 3. The number of aromatic nitrogens is 1. The quantitative estimate of drug-likeness (QED) is 0.777. The number of alkyl halides is 1. The van der Waals surface area contributed by atoms with Crippen LogP contribution in [0.1, 0.15) is 11.1 Å². The van der Waals surface area contributed by atoms with Gasteiger partial charge in [0.2, 0.25) is 0 Å². The Morgan fingerprint density at radius 3 is 3.00 bits per heavy atom. The van der Waals surface area contributed by atoms with E-state index in [0.29, 0.717) is 5.88 Å². The molecular formula is C12H12BrClN2S. The van der Waals surface area contributed by atoms with E-state index in [-0.39, 0.29) is 0 Å². The molecule has 2 aromatic heterocycles. The van der Waals surface area contributed by atoms with Crippen molar-refractivity contribution < 1.29 is 0 Å². The van der Waals surface area contributed by atoms with Gasteiger partial charge in [0, 0.05) is 25.7 Å². The average molecular weight is 332 g/mol. The molecule has 0 fully saturated rings. The minimum Gasteiger partial charge on any atom is -0.369 e. The van der Waals surface area contributed by atoms with Crippen molar-refractivity contribution in [2.45, 2.75) is 12.4 Å². The molecular weight excluding hydrogens is 320 g/mol. The van der Waals surface area contributed by atoms with E-state index in [4.69, 9.17) is 11.6 Å². The maximum absolute atomic E-state index is 5.92. The monoisotopic (exact) mass is 330 g/mol. The summed E-state index contributed by atoms with van der Waals surface area (Å²) in [6.07, 6.45) is 3.63. The van der Waals surface area contributed by atoms with Gasteiger partial charge in [0.15, 0.2) is 0 Å². The number of thiophene rings is 1. The normalized spacial score (nSPS) is 10.5. The Morgan fingerprint density at radius 1 is 1.53 bits per heavy atom. The highest BCUT2D eigenvalue weighted by atomic mass is 79.9. The molecule has 5 heteroatoms. The van der Waals surface area contributed by atoms with Gasteiger partial charge in [0.1, 0.15) is 0 Å². The van der Waals surface area contributed by atoms with E-state index in [2.05, 4.69) is 44.3 Å². The highest BCUT2D eigenvalue weighted by Crippen LogP contribution is 2.25. The van der Waals surface area contributed by atoms with Crippen LogP contribution in [0.3, 0.4) is 0 Å². The van der Waals surface area contributed by atoms with Gasteiger partial charge in [0.25, 0.3) is 0 Å². The lowest BCUT2D eigenvalue weighted by molar-refractivity contribution is 0.914. The van der Waals surface area contributed by atoms with Crippen molar-refractivity contribution in [3.63, 3.8) is 0 Å². The Kier molecular flexibility index (Phi) is 4.42. The summed E-state index contributed by atoms with van der Waals surface area (Å²) in [5, 5.41) is 2.15. The van der Waals surface area contributed by atoms with Crippen LogP contribution in [-0.4, -0.2) is 12.0 Å². The molecule has 0 atom stereocenters. The summed E-state index contributed by atoms with van der Waals surface area (Å²) in [6.45, 7) is 0.859. The van der Waals surface area contributed by atoms with Gasteiger partial charge in [-0.15, -0.1) is 22.9 Å². The first-order valence-electron chi connectivity index (χ1n) is 5.13. The number of anilines is 1. The van der Waals surface area contributed by atoms with Gasteiger partial charge in [0.05, 0.1) is 15.7 Å². The maximum atomic E-state index is 5.92. The third-order valence-electron chi connectivity index (χ3n) is 2.48. The van der Waals surface area contributed by atoms with Gasteiger partial charge < -0.3 is 4.90 Å². The molecule has 0 unspecified atom stereocenters. The summed E-state index contributed by atoms with van der Waals surface area (Å²) < 4.78 is 1.16. The molecule has 17 heavy (non-hydrogen) atoms. The Hall–Kier alpha value is -0.580. The Balaban J connectivity index is 2.16. The number of halogens is 2. The first-order chi connectivity index (χ1) is 8.20. The number of pyridine rings is 1. The van der Waals surface area contributed by atoms with Crippen molar-refractivity contribution in [1.82, 2.24) is 4.98 Å². The molecule has 0 aliphatic heterocycles. The van der Waals surface area contributed by atoms with Gasteiger partial charge in [-0.2, -0.15) is 0 Å². The van der Waals surface area contributed by atoms with E-state index in [9.17, 15) is 0 Å². The predicted molar refractivity (Wildman–Crippen MR) is 77.9 cm³/mol. The van der Waals surface area contributed by atoms with E-state index in [0.717, 1.165) is 21.6 Å². The molecule has 0 aliphatic carbocycles. The summed E-state index contributed by atoms with van der Waals surface area (Å²) in [5.74, 6) is 0.509. The molecule has 2 rings (SSSR count). The molecule has 2 heterocycles. The first-order valence-corrected chi connectivity index (χ1v) is 7.34. The van der Waals surface area contributed by atoms with Gasteiger partial charge in [-0.1, -0.05) is 0 Å². The first kappa shape index (κ1) is 12.9. The fraction of sp³-hybridized carbons (Fsp3) is 0.250. The molecule has 90 valence electrons. The Labute approximate surface area is 118 Å². The zero-order valence-corrected chi connectivity index (χ0v) is 12.5. The van der Waals surface area contributed by atoms with E-state index in [1.807, 2.05) is 12.3 Å². The van der Waals surface area contributed by atoms with Crippen molar-refractivity contribution in [1.29, 1.82) is 0 Å². The molecule has 0 aliphatic rings. The molecule has 2 aromatic rings. The second-order valence-electron chi connectivity index (χ2n) is 3.75. The molecule has 0 saturated heterocycles. The summed E-state index contributed by atoms with van der Waals surface area (Å²) in [4.78, 5) is 6.32. The van der Waals surface area contributed by atoms with Crippen LogP contribution in [0.25, 0.3) is 0 Å². The van der Waals surface area contributed by atoms with Crippen molar-refractivity contribution in [2.24, 2.45) is 0 Å². The standard InChI is InChI=1S/C12H12BrClN2S/c1-16(7-9-4-12(13)17-8-9)11-6-15-3-2-10(11)5-14/h2-4,6,8H,5,7H2,1H3. The lowest BCUT2D eigenvalue weighted by Gasteiger charge is -2.20. The minimum atomic E-state index is 0.509. The van der Waals surface area contributed by atoms with Crippen LogP contribution >= 0.6 is 38.9 Å². The lowest BCUT2D eigenvalue weighted by Crippen LogP contribution is -2.17. The van der Waals surface area contributed by atoms with Crippen LogP contribution in [-0.2, 0) is 12.4 Å². The summed E-state index contributed by atoms with van der Waals surface area (Å²) in [7, 11) is 2.05. The van der Waals surface area contributed by atoms with E-state index < -0.39 is 0 Å². The van der Waals surface area contributed by atoms with Gasteiger partial charge in [-0.05, 0) is 44.6 Å². The van der Waals surface area contributed by atoms with E-state index in [1.165, 1.54) is 5.56 Å². The number of nitrogens with zero attached hydrogens (tertiary/aromatic N) is 2. The van der Waals surface area contributed by atoms with Gasteiger partial charge in [-0.3, -0.25) is 4.98 Å². The van der Waals surface area contributed by atoms with Crippen LogP contribution in [0, 0.1) is 0 Å².